The maximum absolute atomic E-state index is 4.93. The van der Waals surface area contributed by atoms with E-state index < -0.39 is 20.8 Å². The molecule has 0 spiro atoms. The van der Waals surface area contributed by atoms with Crippen LogP contribution >= 0.6 is 17.0 Å². The van der Waals surface area contributed by atoms with Crippen molar-refractivity contribution in [3.05, 3.63) is 130 Å². The molecular formula is C56H72Cl2SiZr. The zero-order valence-electron chi connectivity index (χ0n) is 38.6. The van der Waals surface area contributed by atoms with Crippen molar-refractivity contribution in [2.45, 2.75) is 156 Å². The van der Waals surface area contributed by atoms with E-state index in [2.05, 4.69) is 166 Å². The van der Waals surface area contributed by atoms with Gasteiger partial charge in [-0.3, -0.25) is 0 Å². The summed E-state index contributed by atoms with van der Waals surface area (Å²) in [6.45, 7) is 22.4. The van der Waals surface area contributed by atoms with Gasteiger partial charge in [-0.1, -0.05) is 202 Å². The normalized spacial score (nSPS) is 15.0. The summed E-state index contributed by atoms with van der Waals surface area (Å²) in [4.78, 5) is 0. The van der Waals surface area contributed by atoms with Gasteiger partial charge in [0.05, 0.1) is 0 Å². The Morgan fingerprint density at radius 3 is 1.15 bits per heavy atom. The van der Waals surface area contributed by atoms with E-state index in [9.17, 15) is 0 Å². The monoisotopic (exact) mass is 932 g/mol. The van der Waals surface area contributed by atoms with E-state index in [1.54, 1.807) is 0 Å². The van der Waals surface area contributed by atoms with Crippen LogP contribution in [0.3, 0.4) is 0 Å². The number of benzene rings is 4. The van der Waals surface area contributed by atoms with E-state index in [0.29, 0.717) is 0 Å². The molecule has 0 heterocycles. The molecule has 0 aliphatic heterocycles. The molecule has 0 atom stereocenters. The molecule has 0 nitrogen and oxygen atoms in total. The molecule has 0 aromatic heterocycles. The number of rotatable bonds is 6. The van der Waals surface area contributed by atoms with Gasteiger partial charge in [0.15, 0.2) is 0 Å². The third-order valence-electron chi connectivity index (χ3n) is 12.7. The van der Waals surface area contributed by atoms with Gasteiger partial charge < -0.3 is 0 Å². The van der Waals surface area contributed by atoms with Crippen molar-refractivity contribution in [3.8, 4) is 22.3 Å². The first-order valence-electron chi connectivity index (χ1n) is 22.8. The Balaban J connectivity index is 0.000000201. The minimum absolute atomic E-state index is 0.202. The quantitative estimate of drug-likeness (QED) is 0.115. The van der Waals surface area contributed by atoms with Crippen LogP contribution < -0.4 is 0 Å². The molecule has 2 aliphatic carbocycles. The molecule has 0 N–H and O–H groups in total. The van der Waals surface area contributed by atoms with Crippen molar-refractivity contribution >= 4 is 48.1 Å². The summed E-state index contributed by atoms with van der Waals surface area (Å²) < 4.78 is 0. The fourth-order valence-corrected chi connectivity index (χ4v) is 9.53. The van der Waals surface area contributed by atoms with E-state index in [1.807, 2.05) is 0 Å². The summed E-state index contributed by atoms with van der Waals surface area (Å²) in [7, 11) is 11.0. The molecule has 318 valence electrons. The van der Waals surface area contributed by atoms with Crippen LogP contribution in [-0.4, -0.2) is 9.52 Å². The molecule has 0 saturated heterocycles. The molecular weight excluding hydrogens is 863 g/mol. The summed E-state index contributed by atoms with van der Waals surface area (Å²) in [5.74, 6) is 1.79. The van der Waals surface area contributed by atoms with Crippen molar-refractivity contribution in [2.24, 2.45) is 11.8 Å². The Morgan fingerprint density at radius 2 is 0.850 bits per heavy atom. The number of fused-ring (bicyclic) bond motifs is 2. The predicted octanol–water partition coefficient (Wildman–Crippen LogP) is 18.1. The van der Waals surface area contributed by atoms with Gasteiger partial charge in [-0.05, 0) is 71.6 Å². The second kappa shape index (κ2) is 22.9. The van der Waals surface area contributed by atoms with Gasteiger partial charge in [0, 0.05) is 9.52 Å². The average molecular weight is 935 g/mol. The van der Waals surface area contributed by atoms with Crippen molar-refractivity contribution in [1.82, 2.24) is 0 Å². The molecule has 4 heteroatoms. The van der Waals surface area contributed by atoms with Gasteiger partial charge in [0.2, 0.25) is 0 Å². The molecule has 60 heavy (non-hydrogen) atoms. The summed E-state index contributed by atoms with van der Waals surface area (Å²) >= 11 is -0.826. The minimum atomic E-state index is -0.826. The Labute approximate surface area is 386 Å². The van der Waals surface area contributed by atoms with Crippen LogP contribution in [0.25, 0.3) is 43.8 Å². The number of hydrogen-bond acceptors (Lipinski definition) is 0. The number of halogens is 2. The summed E-state index contributed by atoms with van der Waals surface area (Å²) in [5, 5.41) is 5.68. The SMILES string of the molecule is C[Si]C.Cc1cc(-c2ccc(C(C)(C)C)cc2)c2cc(CC3CCCCC3)[cH-]c2c1.Cc1cc(-c2ccc(C(C)(C)C)cc2)c2cc(CC3CCCCC3)[cH-]c2c1.[Cl][Zr+2][Cl]. The summed E-state index contributed by atoms with van der Waals surface area (Å²) in [5.41, 5.74) is 14.4. The van der Waals surface area contributed by atoms with Crippen molar-refractivity contribution < 1.29 is 20.8 Å². The summed E-state index contributed by atoms with van der Waals surface area (Å²) in [6, 6.07) is 37.7. The van der Waals surface area contributed by atoms with E-state index >= 15 is 0 Å². The Kier molecular flexibility index (Phi) is 18.7. The van der Waals surface area contributed by atoms with Gasteiger partial charge in [-0.15, -0.1) is 56.9 Å². The first kappa shape index (κ1) is 48.8. The van der Waals surface area contributed by atoms with Crippen LogP contribution in [0.5, 0.6) is 0 Å². The number of hydrogen-bond donors (Lipinski definition) is 0. The fourth-order valence-electron chi connectivity index (χ4n) is 9.53. The van der Waals surface area contributed by atoms with Crippen LogP contribution in [0, 0.1) is 25.7 Å². The zero-order valence-corrected chi connectivity index (χ0v) is 43.6. The second-order valence-electron chi connectivity index (χ2n) is 20.0. The van der Waals surface area contributed by atoms with E-state index in [0.717, 1.165) is 21.4 Å². The molecule has 0 bridgehead atoms. The third-order valence-corrected chi connectivity index (χ3v) is 12.7. The first-order valence-corrected chi connectivity index (χ1v) is 31.1. The van der Waals surface area contributed by atoms with E-state index in [-0.39, 0.29) is 10.8 Å². The van der Waals surface area contributed by atoms with Gasteiger partial charge >= 0.3 is 37.9 Å². The third kappa shape index (κ3) is 13.9. The molecule has 6 aromatic carbocycles. The predicted molar refractivity (Wildman–Crippen MR) is 267 cm³/mol. The molecule has 8 rings (SSSR count). The van der Waals surface area contributed by atoms with Crippen LogP contribution in [-0.2, 0) is 44.5 Å². The molecule has 2 fully saturated rings. The molecule has 0 amide bonds. The van der Waals surface area contributed by atoms with Crippen molar-refractivity contribution in [2.75, 3.05) is 0 Å². The summed E-state index contributed by atoms with van der Waals surface area (Å²) in [6.07, 6.45) is 16.8. The zero-order chi connectivity index (χ0) is 43.5. The standard InChI is InChI=1S/2C27H33.C2H6Si.2ClH.Zr/c2*1-19-14-23-17-21(16-20-8-6-5-7-9-20)18-26(23)25(15-19)22-10-12-24(13-11-22)27(2,3)4;1-3-2;;;/h2*10-15,17-18,20H,5-9,16H2,1-4H3;1-2H3;2*1H;/q2*-1;;;;+4/p-2. The van der Waals surface area contributed by atoms with Crippen LogP contribution in [0.4, 0.5) is 0 Å². The fraction of sp³-hybridized carbons (Fsp3) is 0.464. The molecule has 0 unspecified atom stereocenters. The Bertz CT molecular complexity index is 2040. The second-order valence-corrected chi connectivity index (χ2v) is 24.7. The molecule has 2 radical (unpaired) electrons. The van der Waals surface area contributed by atoms with Gasteiger partial charge in [0.25, 0.3) is 0 Å². The molecule has 2 aliphatic rings. The van der Waals surface area contributed by atoms with E-state index in [1.165, 1.54) is 154 Å². The van der Waals surface area contributed by atoms with Gasteiger partial charge in [-0.25, -0.2) is 0 Å². The topological polar surface area (TPSA) is 0 Å². The van der Waals surface area contributed by atoms with Crippen molar-refractivity contribution in [1.29, 1.82) is 0 Å². The van der Waals surface area contributed by atoms with Crippen LogP contribution in [0.1, 0.15) is 139 Å². The Hall–Kier alpha value is -2.22. The van der Waals surface area contributed by atoms with E-state index in [4.69, 9.17) is 17.0 Å². The van der Waals surface area contributed by atoms with Gasteiger partial charge in [0.1, 0.15) is 0 Å². The maximum atomic E-state index is 4.93. The number of aryl methyl sites for hydroxylation is 2. The molecule has 6 aromatic rings. The Morgan fingerprint density at radius 1 is 0.533 bits per heavy atom. The van der Waals surface area contributed by atoms with Crippen molar-refractivity contribution in [3.63, 3.8) is 0 Å². The van der Waals surface area contributed by atoms with Crippen LogP contribution in [0.2, 0.25) is 13.1 Å². The first-order chi connectivity index (χ1) is 28.6. The van der Waals surface area contributed by atoms with Crippen LogP contribution in [0.15, 0.2) is 97.1 Å². The van der Waals surface area contributed by atoms with Gasteiger partial charge in [-0.2, -0.15) is 12.1 Å². The average Bonchev–Trinajstić information content (AvgIpc) is 3.81. The molecule has 2 saturated carbocycles.